The summed E-state index contributed by atoms with van der Waals surface area (Å²) < 4.78 is 7.98. The van der Waals surface area contributed by atoms with Crippen molar-refractivity contribution in [2.45, 2.75) is 13.1 Å². The second-order valence-electron chi connectivity index (χ2n) is 4.05. The quantitative estimate of drug-likeness (QED) is 0.922. The number of aromatic nitrogens is 2. The first-order chi connectivity index (χ1) is 8.69. The van der Waals surface area contributed by atoms with Crippen LogP contribution >= 0.6 is 15.9 Å². The van der Waals surface area contributed by atoms with Gasteiger partial charge in [0, 0.05) is 26.3 Å². The molecule has 0 saturated heterocycles. The lowest BCUT2D eigenvalue weighted by atomic mass is 10.2. The molecule has 18 heavy (non-hydrogen) atoms. The van der Waals surface area contributed by atoms with E-state index < -0.39 is 0 Å². The first-order valence-corrected chi connectivity index (χ1v) is 6.50. The Kier molecular flexibility index (Phi) is 4.38. The molecule has 0 bridgehead atoms. The molecule has 4 nitrogen and oxygen atoms in total. The number of hydrogen-bond donors (Lipinski definition) is 1. The molecule has 0 aliphatic rings. The molecule has 0 aliphatic carbocycles. The summed E-state index contributed by atoms with van der Waals surface area (Å²) >= 11 is 3.48. The third-order valence-electron chi connectivity index (χ3n) is 2.62. The molecule has 0 unspecified atom stereocenters. The fourth-order valence-electron chi connectivity index (χ4n) is 1.71. The number of nitrogens with one attached hydrogen (secondary N) is 1. The number of benzene rings is 1. The summed E-state index contributed by atoms with van der Waals surface area (Å²) in [5, 5.41) is 7.67. The molecule has 96 valence electrons. The molecule has 0 radical (unpaired) electrons. The summed E-state index contributed by atoms with van der Waals surface area (Å²) in [6, 6.07) is 8.08. The van der Waals surface area contributed by atoms with Crippen molar-refractivity contribution in [1.82, 2.24) is 15.1 Å². The standard InChI is InChI=1S/C13H16BrN3O/c1-17-6-5-11(16-17)9-15-8-10-3-4-13(18-2)12(14)7-10/h3-7,15H,8-9H2,1-2H3. The van der Waals surface area contributed by atoms with Crippen molar-refractivity contribution in [1.29, 1.82) is 0 Å². The van der Waals surface area contributed by atoms with Gasteiger partial charge in [0.2, 0.25) is 0 Å². The highest BCUT2D eigenvalue weighted by Gasteiger charge is 2.02. The maximum Gasteiger partial charge on any atom is 0.133 e. The van der Waals surface area contributed by atoms with Crippen LogP contribution in [-0.2, 0) is 20.1 Å². The molecule has 0 amide bonds. The summed E-state index contributed by atoms with van der Waals surface area (Å²) in [5.74, 6) is 0.850. The molecule has 1 aromatic heterocycles. The van der Waals surface area contributed by atoms with Gasteiger partial charge in [-0.25, -0.2) is 0 Å². The minimum Gasteiger partial charge on any atom is -0.496 e. The van der Waals surface area contributed by atoms with Gasteiger partial charge in [0.15, 0.2) is 0 Å². The maximum absolute atomic E-state index is 5.20. The van der Waals surface area contributed by atoms with Crippen molar-refractivity contribution in [2.24, 2.45) is 7.05 Å². The monoisotopic (exact) mass is 309 g/mol. The molecule has 2 rings (SSSR count). The first kappa shape index (κ1) is 13.1. The molecule has 0 aliphatic heterocycles. The lowest BCUT2D eigenvalue weighted by Gasteiger charge is -2.07. The number of hydrogen-bond acceptors (Lipinski definition) is 3. The minimum atomic E-state index is 0.768. The van der Waals surface area contributed by atoms with Gasteiger partial charge >= 0.3 is 0 Å². The van der Waals surface area contributed by atoms with E-state index in [1.54, 1.807) is 11.8 Å². The number of methoxy groups -OCH3 is 1. The van der Waals surface area contributed by atoms with Crippen LogP contribution in [0.15, 0.2) is 34.9 Å². The largest absolute Gasteiger partial charge is 0.496 e. The predicted octanol–water partition coefficient (Wildman–Crippen LogP) is 2.48. The van der Waals surface area contributed by atoms with Crippen LogP contribution < -0.4 is 10.1 Å². The SMILES string of the molecule is COc1ccc(CNCc2ccn(C)n2)cc1Br. The van der Waals surface area contributed by atoms with E-state index in [-0.39, 0.29) is 0 Å². The highest BCUT2D eigenvalue weighted by Crippen LogP contribution is 2.25. The first-order valence-electron chi connectivity index (χ1n) is 5.70. The number of rotatable bonds is 5. The second-order valence-corrected chi connectivity index (χ2v) is 4.91. The van der Waals surface area contributed by atoms with Crippen LogP contribution in [0.5, 0.6) is 5.75 Å². The van der Waals surface area contributed by atoms with Crippen LogP contribution in [-0.4, -0.2) is 16.9 Å². The Hall–Kier alpha value is -1.33. The molecular weight excluding hydrogens is 294 g/mol. The zero-order valence-electron chi connectivity index (χ0n) is 10.5. The molecule has 0 atom stereocenters. The Balaban J connectivity index is 1.88. The molecule has 1 aromatic carbocycles. The minimum absolute atomic E-state index is 0.768. The third kappa shape index (κ3) is 3.34. The third-order valence-corrected chi connectivity index (χ3v) is 3.24. The van der Waals surface area contributed by atoms with Crippen molar-refractivity contribution in [3.63, 3.8) is 0 Å². The van der Waals surface area contributed by atoms with Gasteiger partial charge in [0.05, 0.1) is 17.3 Å². The van der Waals surface area contributed by atoms with Crippen LogP contribution in [0.4, 0.5) is 0 Å². The summed E-state index contributed by atoms with van der Waals surface area (Å²) in [6.07, 6.45) is 1.95. The van der Waals surface area contributed by atoms with E-state index >= 15 is 0 Å². The summed E-state index contributed by atoms with van der Waals surface area (Å²) in [6.45, 7) is 1.57. The molecule has 1 N–H and O–H groups in total. The second kappa shape index (κ2) is 6.02. The summed E-state index contributed by atoms with van der Waals surface area (Å²) in [7, 11) is 3.59. The lowest BCUT2D eigenvalue weighted by Crippen LogP contribution is -2.13. The molecule has 0 saturated carbocycles. The molecule has 1 heterocycles. The van der Waals surface area contributed by atoms with Crippen molar-refractivity contribution in [2.75, 3.05) is 7.11 Å². The van der Waals surface area contributed by atoms with Gasteiger partial charge in [-0.3, -0.25) is 4.68 Å². The zero-order valence-corrected chi connectivity index (χ0v) is 12.1. The Bertz CT molecular complexity index is 525. The number of aryl methyl sites for hydroxylation is 1. The Morgan fingerprint density at radius 3 is 2.78 bits per heavy atom. The van der Waals surface area contributed by atoms with E-state index in [2.05, 4.69) is 38.5 Å². The van der Waals surface area contributed by atoms with Crippen molar-refractivity contribution in [3.8, 4) is 5.75 Å². The van der Waals surface area contributed by atoms with Crippen LogP contribution in [0, 0.1) is 0 Å². The highest BCUT2D eigenvalue weighted by atomic mass is 79.9. The number of ether oxygens (including phenoxy) is 1. The molecule has 0 fully saturated rings. The fourth-order valence-corrected chi connectivity index (χ4v) is 2.30. The number of halogens is 1. The van der Waals surface area contributed by atoms with E-state index in [0.717, 1.165) is 29.0 Å². The summed E-state index contributed by atoms with van der Waals surface area (Å²) in [5.41, 5.74) is 2.25. The van der Waals surface area contributed by atoms with Crippen molar-refractivity contribution >= 4 is 15.9 Å². The predicted molar refractivity (Wildman–Crippen MR) is 74.4 cm³/mol. The van der Waals surface area contributed by atoms with E-state index in [1.807, 2.05) is 25.4 Å². The average molecular weight is 310 g/mol. The van der Waals surface area contributed by atoms with Crippen LogP contribution in [0.1, 0.15) is 11.3 Å². The lowest BCUT2D eigenvalue weighted by molar-refractivity contribution is 0.412. The smallest absolute Gasteiger partial charge is 0.133 e. The normalized spacial score (nSPS) is 10.6. The molecule has 5 heteroatoms. The molecule has 0 spiro atoms. The highest BCUT2D eigenvalue weighted by molar-refractivity contribution is 9.10. The van der Waals surface area contributed by atoms with Crippen molar-refractivity contribution < 1.29 is 4.74 Å². The average Bonchev–Trinajstić information content (AvgIpc) is 2.75. The van der Waals surface area contributed by atoms with Crippen molar-refractivity contribution in [3.05, 3.63) is 46.2 Å². The molecule has 2 aromatic rings. The number of nitrogens with zero attached hydrogens (tertiary/aromatic N) is 2. The van der Waals surface area contributed by atoms with Gasteiger partial charge in [-0.05, 0) is 39.7 Å². The topological polar surface area (TPSA) is 39.1 Å². The van der Waals surface area contributed by atoms with E-state index in [9.17, 15) is 0 Å². The van der Waals surface area contributed by atoms with E-state index in [0.29, 0.717) is 0 Å². The zero-order chi connectivity index (χ0) is 13.0. The van der Waals surface area contributed by atoms with Gasteiger partial charge in [0.25, 0.3) is 0 Å². The summed E-state index contributed by atoms with van der Waals surface area (Å²) in [4.78, 5) is 0. The van der Waals surface area contributed by atoms with Crippen LogP contribution in [0.3, 0.4) is 0 Å². The van der Waals surface area contributed by atoms with Gasteiger partial charge < -0.3 is 10.1 Å². The molecular formula is C13H16BrN3O. The van der Waals surface area contributed by atoms with E-state index in [4.69, 9.17) is 4.74 Å². The van der Waals surface area contributed by atoms with Crippen LogP contribution in [0.25, 0.3) is 0 Å². The van der Waals surface area contributed by atoms with Gasteiger partial charge in [0.1, 0.15) is 5.75 Å². The van der Waals surface area contributed by atoms with E-state index in [1.165, 1.54) is 5.56 Å². The van der Waals surface area contributed by atoms with Gasteiger partial charge in [-0.2, -0.15) is 5.10 Å². The Labute approximate surface area is 115 Å². The van der Waals surface area contributed by atoms with Gasteiger partial charge in [-0.15, -0.1) is 0 Å². The maximum atomic E-state index is 5.20. The van der Waals surface area contributed by atoms with Gasteiger partial charge in [-0.1, -0.05) is 6.07 Å². The Morgan fingerprint density at radius 1 is 1.33 bits per heavy atom. The Morgan fingerprint density at radius 2 is 2.17 bits per heavy atom. The van der Waals surface area contributed by atoms with Crippen LogP contribution in [0.2, 0.25) is 0 Å². The fraction of sp³-hybridized carbons (Fsp3) is 0.308.